The Balaban J connectivity index is 2.53. The van der Waals surface area contributed by atoms with Gasteiger partial charge in [-0.15, -0.1) is 0 Å². The highest BCUT2D eigenvalue weighted by atomic mass is 16.6. The monoisotopic (exact) mass is 194 g/mol. The van der Waals surface area contributed by atoms with Crippen molar-refractivity contribution in [1.82, 2.24) is 0 Å². The van der Waals surface area contributed by atoms with Crippen molar-refractivity contribution in [1.29, 1.82) is 0 Å². The van der Waals surface area contributed by atoms with Crippen LogP contribution in [0.5, 0.6) is 0 Å². The maximum atomic E-state index is 10.8. The van der Waals surface area contributed by atoms with Crippen LogP contribution >= 0.6 is 0 Å². The van der Waals surface area contributed by atoms with Gasteiger partial charge in [0.2, 0.25) is 0 Å². The summed E-state index contributed by atoms with van der Waals surface area (Å²) in [6.07, 6.45) is 9.52. The van der Waals surface area contributed by atoms with Crippen LogP contribution in [0.15, 0.2) is 23.8 Å². The molecule has 2 nitrogen and oxygen atoms in total. The van der Waals surface area contributed by atoms with Crippen molar-refractivity contribution in [2.45, 2.75) is 45.6 Å². The molecule has 0 saturated carbocycles. The molecular weight excluding hydrogens is 176 g/mol. The minimum atomic E-state index is -0.390. The van der Waals surface area contributed by atoms with Gasteiger partial charge in [-0.3, -0.25) is 4.79 Å². The topological polar surface area (TPSA) is 26.3 Å². The maximum Gasteiger partial charge on any atom is 0.303 e. The summed E-state index contributed by atoms with van der Waals surface area (Å²) in [5.41, 5.74) is 0.877. The van der Waals surface area contributed by atoms with Crippen LogP contribution in [0.1, 0.15) is 40.0 Å². The minimum absolute atomic E-state index is 0.213. The molecular formula is C12H18O2. The Morgan fingerprint density at radius 2 is 2.21 bits per heavy atom. The van der Waals surface area contributed by atoms with Crippen molar-refractivity contribution in [2.24, 2.45) is 0 Å². The van der Waals surface area contributed by atoms with Crippen LogP contribution in [-0.2, 0) is 9.53 Å². The first kappa shape index (κ1) is 11.0. The highest BCUT2D eigenvalue weighted by Crippen LogP contribution is 2.23. The molecule has 0 aromatic carbocycles. The van der Waals surface area contributed by atoms with E-state index in [1.165, 1.54) is 12.5 Å². The summed E-state index contributed by atoms with van der Waals surface area (Å²) in [6.45, 7) is 5.34. The average molecular weight is 194 g/mol. The summed E-state index contributed by atoms with van der Waals surface area (Å²) < 4.78 is 5.23. The van der Waals surface area contributed by atoms with E-state index < -0.39 is 0 Å². The quantitative estimate of drug-likeness (QED) is 0.645. The van der Waals surface area contributed by atoms with E-state index in [9.17, 15) is 4.79 Å². The molecule has 14 heavy (non-hydrogen) atoms. The highest BCUT2D eigenvalue weighted by Gasteiger charge is 2.22. The van der Waals surface area contributed by atoms with Crippen molar-refractivity contribution >= 4 is 5.97 Å². The number of allylic oxidation sites excluding steroid dienone is 3. The van der Waals surface area contributed by atoms with E-state index in [2.05, 4.69) is 18.2 Å². The molecule has 0 bridgehead atoms. The van der Waals surface area contributed by atoms with Gasteiger partial charge in [0.05, 0.1) is 0 Å². The van der Waals surface area contributed by atoms with Gasteiger partial charge < -0.3 is 4.74 Å². The van der Waals surface area contributed by atoms with Gasteiger partial charge in [-0.1, -0.05) is 18.2 Å². The fraction of sp³-hybridized carbons (Fsp3) is 0.583. The SMILES string of the molecule is CC(=O)OC(C)(C)CC1=CCCC=C1. The maximum absolute atomic E-state index is 10.8. The molecule has 0 heterocycles. The number of hydrogen-bond donors (Lipinski definition) is 0. The van der Waals surface area contributed by atoms with E-state index in [1.807, 2.05) is 13.8 Å². The molecule has 1 aliphatic carbocycles. The van der Waals surface area contributed by atoms with Gasteiger partial charge in [-0.25, -0.2) is 0 Å². The third kappa shape index (κ3) is 3.77. The lowest BCUT2D eigenvalue weighted by Gasteiger charge is -2.25. The second-order valence-corrected chi connectivity index (χ2v) is 4.29. The number of carbonyl (C=O) groups is 1. The Labute approximate surface area is 85.6 Å². The Bertz CT molecular complexity index is 272. The summed E-state index contributed by atoms with van der Waals surface area (Å²) in [7, 11) is 0. The highest BCUT2D eigenvalue weighted by molar-refractivity contribution is 5.66. The third-order valence-corrected chi connectivity index (χ3v) is 2.12. The molecule has 78 valence electrons. The number of carbonyl (C=O) groups excluding carboxylic acids is 1. The van der Waals surface area contributed by atoms with Gasteiger partial charge in [-0.2, -0.15) is 0 Å². The first-order chi connectivity index (χ1) is 6.49. The van der Waals surface area contributed by atoms with Gasteiger partial charge in [-0.05, 0) is 32.3 Å². The zero-order valence-electron chi connectivity index (χ0n) is 9.17. The predicted molar refractivity (Wildman–Crippen MR) is 56.9 cm³/mol. The van der Waals surface area contributed by atoms with Crippen LogP contribution in [0, 0.1) is 0 Å². The normalized spacial score (nSPS) is 16.4. The van der Waals surface area contributed by atoms with Crippen LogP contribution in [0.4, 0.5) is 0 Å². The number of esters is 1. The molecule has 0 spiro atoms. The largest absolute Gasteiger partial charge is 0.460 e. The third-order valence-electron chi connectivity index (χ3n) is 2.12. The zero-order chi connectivity index (χ0) is 10.6. The van der Waals surface area contributed by atoms with Gasteiger partial charge in [0.15, 0.2) is 0 Å². The van der Waals surface area contributed by atoms with Gasteiger partial charge >= 0.3 is 5.97 Å². The van der Waals surface area contributed by atoms with Gasteiger partial charge in [0.25, 0.3) is 0 Å². The summed E-state index contributed by atoms with van der Waals surface area (Å²) in [4.78, 5) is 10.8. The summed E-state index contributed by atoms with van der Waals surface area (Å²) >= 11 is 0. The lowest BCUT2D eigenvalue weighted by atomic mass is 9.94. The molecule has 0 radical (unpaired) electrons. The van der Waals surface area contributed by atoms with Crippen LogP contribution in [0.25, 0.3) is 0 Å². The Morgan fingerprint density at radius 1 is 1.50 bits per heavy atom. The standard InChI is InChI=1S/C12H18O2/c1-10(13)14-12(2,3)9-11-7-5-4-6-8-11/h5,7-8H,4,6,9H2,1-3H3. The average Bonchev–Trinajstić information content (AvgIpc) is 2.02. The molecule has 0 atom stereocenters. The smallest absolute Gasteiger partial charge is 0.303 e. The number of hydrogen-bond acceptors (Lipinski definition) is 2. The Kier molecular flexibility index (Phi) is 3.50. The molecule has 1 rings (SSSR count). The molecule has 1 aliphatic rings. The van der Waals surface area contributed by atoms with Gasteiger partial charge in [0.1, 0.15) is 5.60 Å². The van der Waals surface area contributed by atoms with Crippen molar-refractivity contribution < 1.29 is 9.53 Å². The van der Waals surface area contributed by atoms with Crippen molar-refractivity contribution in [2.75, 3.05) is 0 Å². The van der Waals surface area contributed by atoms with E-state index in [0.29, 0.717) is 0 Å². The first-order valence-electron chi connectivity index (χ1n) is 5.05. The molecule has 2 heteroatoms. The van der Waals surface area contributed by atoms with Crippen molar-refractivity contribution in [3.63, 3.8) is 0 Å². The van der Waals surface area contributed by atoms with Crippen molar-refractivity contribution in [3.05, 3.63) is 23.8 Å². The zero-order valence-corrected chi connectivity index (χ0v) is 9.17. The molecule has 0 amide bonds. The number of ether oxygens (including phenoxy) is 1. The predicted octanol–water partition coefficient (Wildman–Crippen LogP) is 2.99. The second kappa shape index (κ2) is 4.45. The summed E-state index contributed by atoms with van der Waals surface area (Å²) in [6, 6.07) is 0. The minimum Gasteiger partial charge on any atom is -0.460 e. The fourth-order valence-corrected chi connectivity index (χ4v) is 1.72. The molecule has 0 unspecified atom stereocenters. The molecule has 0 aromatic rings. The van der Waals surface area contributed by atoms with E-state index in [0.717, 1.165) is 19.3 Å². The summed E-state index contributed by atoms with van der Waals surface area (Å²) in [5.74, 6) is -0.213. The molecule has 0 aromatic heterocycles. The molecule has 0 fully saturated rings. The van der Waals surface area contributed by atoms with E-state index in [4.69, 9.17) is 4.74 Å². The Hall–Kier alpha value is -1.05. The van der Waals surface area contributed by atoms with E-state index in [-0.39, 0.29) is 11.6 Å². The lowest BCUT2D eigenvalue weighted by Crippen LogP contribution is -2.27. The van der Waals surface area contributed by atoms with E-state index >= 15 is 0 Å². The first-order valence-corrected chi connectivity index (χ1v) is 5.05. The van der Waals surface area contributed by atoms with Crippen molar-refractivity contribution in [3.8, 4) is 0 Å². The van der Waals surface area contributed by atoms with E-state index in [1.54, 1.807) is 0 Å². The van der Waals surface area contributed by atoms with Gasteiger partial charge in [0, 0.05) is 13.3 Å². The lowest BCUT2D eigenvalue weighted by molar-refractivity contribution is -0.153. The number of rotatable bonds is 3. The van der Waals surface area contributed by atoms with Crippen LogP contribution in [0.2, 0.25) is 0 Å². The fourth-order valence-electron chi connectivity index (χ4n) is 1.72. The molecule has 0 N–H and O–H groups in total. The van der Waals surface area contributed by atoms with Crippen LogP contribution in [0.3, 0.4) is 0 Å². The molecule has 0 aliphatic heterocycles. The summed E-state index contributed by atoms with van der Waals surface area (Å²) in [5, 5.41) is 0. The second-order valence-electron chi connectivity index (χ2n) is 4.29. The van der Waals surface area contributed by atoms with Crippen LogP contribution in [-0.4, -0.2) is 11.6 Å². The Morgan fingerprint density at radius 3 is 2.71 bits per heavy atom. The molecule has 0 saturated heterocycles. The van der Waals surface area contributed by atoms with Crippen LogP contribution < -0.4 is 0 Å².